The molecule has 2 aliphatic rings. The number of fused-ring (bicyclic) bond motifs is 1. The first-order valence-electron chi connectivity index (χ1n) is 9.70. The molecular formula is C21H21F3N2O3S. The minimum absolute atomic E-state index is 0.00390. The maximum atomic E-state index is 12.7. The van der Waals surface area contributed by atoms with Crippen LogP contribution in [-0.4, -0.2) is 33.2 Å². The van der Waals surface area contributed by atoms with E-state index in [2.05, 4.69) is 5.32 Å². The summed E-state index contributed by atoms with van der Waals surface area (Å²) in [7, 11) is -3.55. The van der Waals surface area contributed by atoms with Crippen LogP contribution in [0.25, 0.3) is 0 Å². The molecule has 1 heterocycles. The number of anilines is 1. The predicted octanol–water partition coefficient (Wildman–Crippen LogP) is 3.32. The standard InChI is InChI=1S/C21H21F3N2O3S/c22-21(23,24)16-7-5-14(6-8-16)17-13-18(17)20(27)25-10-12-30(28,29)26-11-9-15-3-1-2-4-19(15)26/h1-8,17-18H,9-13H2,(H,25,27). The summed E-state index contributed by atoms with van der Waals surface area (Å²) in [6.45, 7) is 0.393. The van der Waals surface area contributed by atoms with Gasteiger partial charge in [0.2, 0.25) is 15.9 Å². The van der Waals surface area contributed by atoms with Crippen LogP contribution in [0.2, 0.25) is 0 Å². The zero-order valence-electron chi connectivity index (χ0n) is 16.0. The summed E-state index contributed by atoms with van der Waals surface area (Å²) in [6.07, 6.45) is -3.18. The van der Waals surface area contributed by atoms with Crippen LogP contribution >= 0.6 is 0 Å². The van der Waals surface area contributed by atoms with Crippen molar-refractivity contribution < 1.29 is 26.4 Å². The van der Waals surface area contributed by atoms with Crippen molar-refractivity contribution in [3.05, 3.63) is 65.2 Å². The van der Waals surface area contributed by atoms with Gasteiger partial charge < -0.3 is 5.32 Å². The minimum atomic E-state index is -4.39. The molecule has 2 unspecified atom stereocenters. The molecule has 1 fully saturated rings. The number of alkyl halides is 3. The number of sulfonamides is 1. The SMILES string of the molecule is O=C(NCCS(=O)(=O)N1CCc2ccccc21)C1CC1c1ccc(C(F)(F)F)cc1. The summed E-state index contributed by atoms with van der Waals surface area (Å²) >= 11 is 0. The molecule has 160 valence electrons. The van der Waals surface area contributed by atoms with Crippen molar-refractivity contribution in [3.8, 4) is 0 Å². The van der Waals surface area contributed by atoms with Gasteiger partial charge in [-0.25, -0.2) is 8.42 Å². The number of halogens is 3. The first-order chi connectivity index (χ1) is 14.2. The third-order valence-corrected chi connectivity index (χ3v) is 7.40. The molecule has 0 saturated heterocycles. The van der Waals surface area contributed by atoms with E-state index in [0.29, 0.717) is 30.6 Å². The molecule has 0 bridgehead atoms. The lowest BCUT2D eigenvalue weighted by molar-refractivity contribution is -0.137. The topological polar surface area (TPSA) is 66.5 Å². The molecule has 1 amide bonds. The van der Waals surface area contributed by atoms with E-state index in [0.717, 1.165) is 17.7 Å². The van der Waals surface area contributed by atoms with Gasteiger partial charge in [0.05, 0.1) is 17.0 Å². The van der Waals surface area contributed by atoms with Crippen molar-refractivity contribution >= 4 is 21.6 Å². The Morgan fingerprint density at radius 2 is 1.80 bits per heavy atom. The number of carbonyl (C=O) groups is 1. The van der Waals surface area contributed by atoms with Gasteiger partial charge in [0, 0.05) is 19.0 Å². The lowest BCUT2D eigenvalue weighted by atomic mass is 10.1. The lowest BCUT2D eigenvalue weighted by Gasteiger charge is -2.19. The maximum Gasteiger partial charge on any atom is 0.416 e. The lowest BCUT2D eigenvalue weighted by Crippen LogP contribution is -2.37. The van der Waals surface area contributed by atoms with E-state index in [1.807, 2.05) is 12.1 Å². The summed E-state index contributed by atoms with van der Waals surface area (Å²) in [5, 5.41) is 2.66. The van der Waals surface area contributed by atoms with Crippen molar-refractivity contribution in [2.45, 2.75) is 24.9 Å². The zero-order chi connectivity index (χ0) is 21.5. The van der Waals surface area contributed by atoms with E-state index in [1.54, 1.807) is 12.1 Å². The van der Waals surface area contributed by atoms with Crippen molar-refractivity contribution in [3.63, 3.8) is 0 Å². The molecule has 5 nitrogen and oxygen atoms in total. The molecule has 1 aliphatic carbocycles. The van der Waals surface area contributed by atoms with E-state index in [9.17, 15) is 26.4 Å². The molecule has 2 aromatic rings. The highest BCUT2D eigenvalue weighted by molar-refractivity contribution is 7.92. The Labute approximate surface area is 172 Å². The smallest absolute Gasteiger partial charge is 0.355 e. The van der Waals surface area contributed by atoms with E-state index in [1.165, 1.54) is 16.4 Å². The monoisotopic (exact) mass is 438 g/mol. The quantitative estimate of drug-likeness (QED) is 0.753. The second-order valence-electron chi connectivity index (χ2n) is 7.63. The Balaban J connectivity index is 1.29. The highest BCUT2D eigenvalue weighted by Crippen LogP contribution is 2.48. The maximum absolute atomic E-state index is 12.7. The predicted molar refractivity (Wildman–Crippen MR) is 107 cm³/mol. The fraction of sp³-hybridized carbons (Fsp3) is 0.381. The van der Waals surface area contributed by atoms with Gasteiger partial charge in [-0.15, -0.1) is 0 Å². The highest BCUT2D eigenvalue weighted by Gasteiger charge is 2.44. The first kappa shape index (κ1) is 20.7. The molecular weight excluding hydrogens is 417 g/mol. The van der Waals surface area contributed by atoms with Gasteiger partial charge in [-0.05, 0) is 48.1 Å². The van der Waals surface area contributed by atoms with E-state index in [4.69, 9.17) is 0 Å². The molecule has 1 saturated carbocycles. The fourth-order valence-electron chi connectivity index (χ4n) is 3.91. The van der Waals surface area contributed by atoms with Crippen LogP contribution in [0.4, 0.5) is 18.9 Å². The Kier molecular flexibility index (Phi) is 5.25. The average molecular weight is 438 g/mol. The Hall–Kier alpha value is -2.55. The molecule has 0 radical (unpaired) electrons. The van der Waals surface area contributed by atoms with Gasteiger partial charge in [0.1, 0.15) is 0 Å². The third kappa shape index (κ3) is 4.16. The Morgan fingerprint density at radius 3 is 2.50 bits per heavy atom. The first-order valence-corrected chi connectivity index (χ1v) is 11.3. The summed E-state index contributed by atoms with van der Waals surface area (Å²) < 4.78 is 64.6. The van der Waals surface area contributed by atoms with Crippen LogP contribution in [0.5, 0.6) is 0 Å². The van der Waals surface area contributed by atoms with E-state index in [-0.39, 0.29) is 30.0 Å². The number of nitrogens with zero attached hydrogens (tertiary/aromatic N) is 1. The van der Waals surface area contributed by atoms with Crippen LogP contribution in [0.3, 0.4) is 0 Å². The largest absolute Gasteiger partial charge is 0.416 e. The summed E-state index contributed by atoms with van der Waals surface area (Å²) in [5.74, 6) is -0.937. The number of rotatable bonds is 6. The molecule has 2 atom stereocenters. The minimum Gasteiger partial charge on any atom is -0.355 e. The number of hydrogen-bond acceptors (Lipinski definition) is 3. The van der Waals surface area contributed by atoms with E-state index >= 15 is 0 Å². The second-order valence-corrected chi connectivity index (χ2v) is 9.64. The fourth-order valence-corrected chi connectivity index (χ4v) is 5.34. The van der Waals surface area contributed by atoms with Crippen molar-refractivity contribution in [1.82, 2.24) is 5.32 Å². The number of benzene rings is 2. The van der Waals surface area contributed by atoms with Gasteiger partial charge >= 0.3 is 6.18 Å². The number of carbonyl (C=O) groups excluding carboxylic acids is 1. The second kappa shape index (κ2) is 7.61. The van der Waals surface area contributed by atoms with Crippen LogP contribution in [0.15, 0.2) is 48.5 Å². The van der Waals surface area contributed by atoms with Crippen molar-refractivity contribution in [1.29, 1.82) is 0 Å². The Bertz CT molecular complexity index is 1050. The normalized spacial score (nSPS) is 20.7. The molecule has 0 aromatic heterocycles. The molecule has 4 rings (SSSR count). The number of para-hydroxylation sites is 1. The molecule has 2 aromatic carbocycles. The molecule has 9 heteroatoms. The molecule has 1 N–H and O–H groups in total. The van der Waals surface area contributed by atoms with Gasteiger partial charge in [-0.1, -0.05) is 30.3 Å². The van der Waals surface area contributed by atoms with Gasteiger partial charge in [0.15, 0.2) is 0 Å². The Morgan fingerprint density at radius 1 is 1.10 bits per heavy atom. The average Bonchev–Trinajstić information content (AvgIpc) is 3.38. The zero-order valence-corrected chi connectivity index (χ0v) is 16.8. The van der Waals surface area contributed by atoms with Crippen molar-refractivity contribution in [2.75, 3.05) is 23.1 Å². The number of nitrogens with one attached hydrogen (secondary N) is 1. The van der Waals surface area contributed by atoms with Crippen LogP contribution < -0.4 is 9.62 Å². The molecule has 1 aliphatic heterocycles. The summed E-state index contributed by atoms with van der Waals surface area (Å²) in [6, 6.07) is 12.2. The van der Waals surface area contributed by atoms with Gasteiger partial charge in [-0.3, -0.25) is 9.10 Å². The van der Waals surface area contributed by atoms with Gasteiger partial charge in [0.25, 0.3) is 0 Å². The highest BCUT2D eigenvalue weighted by atomic mass is 32.2. The molecule has 30 heavy (non-hydrogen) atoms. The third-order valence-electron chi connectivity index (χ3n) is 5.63. The van der Waals surface area contributed by atoms with Crippen LogP contribution in [-0.2, 0) is 27.4 Å². The number of amides is 1. The summed E-state index contributed by atoms with van der Waals surface area (Å²) in [5.41, 5.74) is 1.64. The van der Waals surface area contributed by atoms with E-state index < -0.39 is 21.8 Å². The van der Waals surface area contributed by atoms with Crippen LogP contribution in [0.1, 0.15) is 29.0 Å². The van der Waals surface area contributed by atoms with Gasteiger partial charge in [-0.2, -0.15) is 13.2 Å². The van der Waals surface area contributed by atoms with Crippen LogP contribution in [0, 0.1) is 5.92 Å². The number of hydrogen-bond donors (Lipinski definition) is 1. The summed E-state index contributed by atoms with van der Waals surface area (Å²) in [4.78, 5) is 12.3. The van der Waals surface area contributed by atoms with Crippen molar-refractivity contribution in [2.24, 2.45) is 5.92 Å². The molecule has 0 spiro atoms.